The molecule has 2 aliphatic rings. The number of nitrogens with zero attached hydrogens (tertiary/aromatic N) is 3. The molecule has 1 aromatic rings. The molecule has 1 N–H and O–H groups in total. The summed E-state index contributed by atoms with van der Waals surface area (Å²) in [6.45, 7) is 6.65. The van der Waals surface area contributed by atoms with Gasteiger partial charge in [0, 0.05) is 50.6 Å². The lowest BCUT2D eigenvalue weighted by atomic mass is 10.2. The fourth-order valence-electron chi connectivity index (χ4n) is 2.24. The molecular weight excluding hydrogens is 220 g/mol. The fourth-order valence-corrected chi connectivity index (χ4v) is 3.37. The molecule has 88 valence electrons. The summed E-state index contributed by atoms with van der Waals surface area (Å²) in [5, 5.41) is 4.65. The normalized spacial score (nSPS) is 22.2. The number of likely N-dealkylation sites (N-methyl/N-ethyl adjacent to an activating group) is 1. The van der Waals surface area contributed by atoms with Crippen molar-refractivity contribution in [3.63, 3.8) is 0 Å². The number of fused-ring (bicyclic) bond motifs is 1. The van der Waals surface area contributed by atoms with Gasteiger partial charge in [-0.3, -0.25) is 0 Å². The average Bonchev–Trinajstić information content (AvgIpc) is 2.73. The molecule has 1 saturated heterocycles. The van der Waals surface area contributed by atoms with Crippen LogP contribution in [0.15, 0.2) is 0 Å². The van der Waals surface area contributed by atoms with E-state index in [1.165, 1.54) is 15.7 Å². The first-order chi connectivity index (χ1) is 7.83. The van der Waals surface area contributed by atoms with Crippen LogP contribution in [0.2, 0.25) is 0 Å². The quantitative estimate of drug-likeness (QED) is 0.774. The zero-order chi connectivity index (χ0) is 11.0. The lowest BCUT2D eigenvalue weighted by Crippen LogP contribution is -2.44. The molecule has 0 amide bonds. The van der Waals surface area contributed by atoms with Gasteiger partial charge in [-0.2, -0.15) is 0 Å². The minimum atomic E-state index is 1.01. The maximum absolute atomic E-state index is 4.79. The van der Waals surface area contributed by atoms with Crippen LogP contribution in [0.4, 0.5) is 5.13 Å². The highest BCUT2D eigenvalue weighted by Gasteiger charge is 2.20. The van der Waals surface area contributed by atoms with Crippen LogP contribution in [0.25, 0.3) is 0 Å². The molecule has 0 radical (unpaired) electrons. The summed E-state index contributed by atoms with van der Waals surface area (Å²) in [5.41, 5.74) is 1.33. The van der Waals surface area contributed by atoms with Crippen LogP contribution in [0, 0.1) is 0 Å². The predicted molar refractivity (Wildman–Crippen MR) is 67.2 cm³/mol. The Morgan fingerprint density at radius 3 is 2.81 bits per heavy atom. The molecular formula is C11H18N4S. The highest BCUT2D eigenvalue weighted by molar-refractivity contribution is 7.15. The molecule has 0 atom stereocenters. The molecule has 0 bridgehead atoms. The van der Waals surface area contributed by atoms with E-state index in [4.69, 9.17) is 4.98 Å². The van der Waals surface area contributed by atoms with Crippen LogP contribution in [0.1, 0.15) is 10.6 Å². The van der Waals surface area contributed by atoms with Crippen LogP contribution in [-0.2, 0) is 13.0 Å². The molecule has 0 aliphatic carbocycles. The van der Waals surface area contributed by atoms with E-state index in [-0.39, 0.29) is 0 Å². The predicted octanol–water partition coefficient (Wildman–Crippen LogP) is 0.541. The monoisotopic (exact) mass is 238 g/mol. The summed E-state index contributed by atoms with van der Waals surface area (Å²) in [6, 6.07) is 0. The number of thiazole rings is 1. The minimum Gasteiger partial charge on any atom is -0.346 e. The van der Waals surface area contributed by atoms with E-state index in [0.29, 0.717) is 0 Å². The van der Waals surface area contributed by atoms with E-state index in [9.17, 15) is 0 Å². The summed E-state index contributed by atoms with van der Waals surface area (Å²) >= 11 is 1.88. The molecule has 3 rings (SSSR count). The van der Waals surface area contributed by atoms with Crippen molar-refractivity contribution < 1.29 is 0 Å². The number of aromatic nitrogens is 1. The smallest absolute Gasteiger partial charge is 0.185 e. The first-order valence-corrected chi connectivity index (χ1v) is 6.77. The Morgan fingerprint density at radius 2 is 2.06 bits per heavy atom. The highest BCUT2D eigenvalue weighted by atomic mass is 32.1. The minimum absolute atomic E-state index is 1.01. The summed E-state index contributed by atoms with van der Waals surface area (Å²) in [5.74, 6) is 0. The number of rotatable bonds is 1. The molecule has 4 nitrogen and oxygen atoms in total. The molecule has 0 saturated carbocycles. The Hall–Kier alpha value is -0.650. The second-order valence-electron chi connectivity index (χ2n) is 4.58. The van der Waals surface area contributed by atoms with Crippen molar-refractivity contribution in [2.24, 2.45) is 0 Å². The number of anilines is 1. The zero-order valence-electron chi connectivity index (χ0n) is 9.70. The lowest BCUT2D eigenvalue weighted by molar-refractivity contribution is 0.312. The number of hydrogen-bond donors (Lipinski definition) is 1. The molecule has 0 unspecified atom stereocenters. The van der Waals surface area contributed by atoms with Gasteiger partial charge in [-0.05, 0) is 7.05 Å². The van der Waals surface area contributed by atoms with Crippen LogP contribution < -0.4 is 10.2 Å². The maximum Gasteiger partial charge on any atom is 0.185 e. The second kappa shape index (κ2) is 4.31. The van der Waals surface area contributed by atoms with Gasteiger partial charge in [-0.25, -0.2) is 4.98 Å². The van der Waals surface area contributed by atoms with Crippen molar-refractivity contribution in [2.75, 3.05) is 44.7 Å². The second-order valence-corrected chi connectivity index (χ2v) is 5.65. The van der Waals surface area contributed by atoms with Crippen molar-refractivity contribution in [1.29, 1.82) is 0 Å². The number of piperazine rings is 1. The van der Waals surface area contributed by atoms with Gasteiger partial charge in [0.05, 0.1) is 5.69 Å². The SMILES string of the molecule is CN1CCN(c2nc3c(s2)CNCC3)CC1. The van der Waals surface area contributed by atoms with E-state index in [2.05, 4.69) is 22.2 Å². The van der Waals surface area contributed by atoms with Gasteiger partial charge in [0.25, 0.3) is 0 Å². The largest absolute Gasteiger partial charge is 0.346 e. The van der Waals surface area contributed by atoms with Crippen molar-refractivity contribution in [3.8, 4) is 0 Å². The lowest BCUT2D eigenvalue weighted by Gasteiger charge is -2.32. The zero-order valence-corrected chi connectivity index (χ0v) is 10.5. The molecule has 3 heterocycles. The number of nitrogens with one attached hydrogen (secondary N) is 1. The van der Waals surface area contributed by atoms with Crippen molar-refractivity contribution >= 4 is 16.5 Å². The van der Waals surface area contributed by atoms with Gasteiger partial charge in [-0.1, -0.05) is 0 Å². The third kappa shape index (κ3) is 1.95. The van der Waals surface area contributed by atoms with Gasteiger partial charge < -0.3 is 15.1 Å². The Morgan fingerprint density at radius 1 is 1.25 bits per heavy atom. The molecule has 1 aromatic heterocycles. The average molecular weight is 238 g/mol. The molecule has 0 aromatic carbocycles. The topological polar surface area (TPSA) is 31.4 Å². The maximum atomic E-state index is 4.79. The van der Waals surface area contributed by atoms with E-state index >= 15 is 0 Å². The van der Waals surface area contributed by atoms with Gasteiger partial charge in [0.1, 0.15) is 0 Å². The Labute approximate surface area is 100 Å². The first kappa shape index (κ1) is 10.5. The summed E-state index contributed by atoms with van der Waals surface area (Å²) in [7, 11) is 2.19. The van der Waals surface area contributed by atoms with Gasteiger partial charge >= 0.3 is 0 Å². The van der Waals surface area contributed by atoms with Crippen LogP contribution in [0.3, 0.4) is 0 Å². The van der Waals surface area contributed by atoms with Crippen LogP contribution in [0.5, 0.6) is 0 Å². The van der Waals surface area contributed by atoms with Gasteiger partial charge in [0.15, 0.2) is 5.13 Å². The molecule has 5 heteroatoms. The highest BCUT2D eigenvalue weighted by Crippen LogP contribution is 2.28. The van der Waals surface area contributed by atoms with Crippen LogP contribution in [-0.4, -0.2) is 49.7 Å². The Kier molecular flexibility index (Phi) is 2.83. The fraction of sp³-hybridized carbons (Fsp3) is 0.727. The first-order valence-electron chi connectivity index (χ1n) is 5.96. The molecule has 2 aliphatic heterocycles. The summed E-state index contributed by atoms with van der Waals surface area (Å²) in [6.07, 6.45) is 1.10. The summed E-state index contributed by atoms with van der Waals surface area (Å²) in [4.78, 5) is 11.0. The Bertz CT molecular complexity index is 345. The van der Waals surface area contributed by atoms with E-state index in [1.54, 1.807) is 0 Å². The van der Waals surface area contributed by atoms with Gasteiger partial charge in [0.2, 0.25) is 0 Å². The standard InChI is InChI=1S/C11H18N4S/c1-14-4-6-15(7-5-14)11-13-9-2-3-12-8-10(9)16-11/h12H,2-8H2,1H3. The molecule has 16 heavy (non-hydrogen) atoms. The van der Waals surface area contributed by atoms with Crippen molar-refractivity contribution in [2.45, 2.75) is 13.0 Å². The molecule has 1 fully saturated rings. The van der Waals surface area contributed by atoms with Gasteiger partial charge in [-0.15, -0.1) is 11.3 Å². The van der Waals surface area contributed by atoms with E-state index in [0.717, 1.165) is 45.7 Å². The van der Waals surface area contributed by atoms with Crippen molar-refractivity contribution in [1.82, 2.24) is 15.2 Å². The third-order valence-electron chi connectivity index (χ3n) is 3.36. The van der Waals surface area contributed by atoms with Crippen molar-refractivity contribution in [3.05, 3.63) is 10.6 Å². The summed E-state index contributed by atoms with van der Waals surface area (Å²) < 4.78 is 0. The molecule has 0 spiro atoms. The van der Waals surface area contributed by atoms with Crippen LogP contribution >= 0.6 is 11.3 Å². The van der Waals surface area contributed by atoms with E-state index in [1.807, 2.05) is 11.3 Å². The Balaban J connectivity index is 1.76. The number of hydrogen-bond acceptors (Lipinski definition) is 5. The van der Waals surface area contributed by atoms with E-state index < -0.39 is 0 Å². The third-order valence-corrected chi connectivity index (χ3v) is 4.52.